The molecule has 0 aliphatic carbocycles. The molecule has 1 amide bonds. The minimum atomic E-state index is -2.66. The molecule has 0 aliphatic rings. The molecule has 0 unspecified atom stereocenters. The van der Waals surface area contributed by atoms with E-state index < -0.39 is 6.55 Å². The Morgan fingerprint density at radius 3 is 2.58 bits per heavy atom. The maximum absolute atomic E-state index is 12.7. The average Bonchev–Trinajstić information content (AvgIpc) is 2.88. The molecule has 1 heterocycles. The first kappa shape index (κ1) is 22.5. The Morgan fingerprint density at radius 1 is 1.38 bits per heavy atom. The minimum absolute atomic E-state index is 0. The summed E-state index contributed by atoms with van der Waals surface area (Å²) in [6, 6.07) is 0. The second-order valence-corrected chi connectivity index (χ2v) is 5.88. The second-order valence-electron chi connectivity index (χ2n) is 5.88. The maximum atomic E-state index is 12.7. The van der Waals surface area contributed by atoms with Gasteiger partial charge in [-0.15, -0.1) is 24.0 Å². The summed E-state index contributed by atoms with van der Waals surface area (Å²) in [4.78, 5) is 19.8. The number of carbonyl (C=O) groups is 1. The minimum Gasteiger partial charge on any atom is -0.357 e. The lowest BCUT2D eigenvalue weighted by Gasteiger charge is -2.21. The van der Waals surface area contributed by atoms with Crippen molar-refractivity contribution in [2.24, 2.45) is 4.99 Å². The molecule has 0 bridgehead atoms. The van der Waals surface area contributed by atoms with Crippen LogP contribution < -0.4 is 16.0 Å². The van der Waals surface area contributed by atoms with Gasteiger partial charge in [0.05, 0.1) is 6.54 Å². The van der Waals surface area contributed by atoms with Gasteiger partial charge in [0.15, 0.2) is 5.96 Å². The van der Waals surface area contributed by atoms with Crippen LogP contribution in [0.1, 0.15) is 40.1 Å². The van der Waals surface area contributed by atoms with Crippen molar-refractivity contribution in [2.45, 2.75) is 46.3 Å². The van der Waals surface area contributed by atoms with Gasteiger partial charge in [0.2, 0.25) is 5.91 Å². The number of nitrogens with one attached hydrogen (secondary N) is 3. The van der Waals surface area contributed by atoms with E-state index in [9.17, 15) is 13.6 Å². The van der Waals surface area contributed by atoms with Gasteiger partial charge in [-0.2, -0.15) is 8.78 Å². The number of hydrogen-bond donors (Lipinski definition) is 3. The van der Waals surface area contributed by atoms with Crippen molar-refractivity contribution < 1.29 is 13.6 Å². The molecule has 0 aromatic carbocycles. The lowest BCUT2D eigenvalue weighted by atomic mass is 10.1. The van der Waals surface area contributed by atoms with E-state index in [1.54, 1.807) is 0 Å². The second kappa shape index (κ2) is 10.4. The lowest BCUT2D eigenvalue weighted by Crippen LogP contribution is -2.48. The van der Waals surface area contributed by atoms with Crippen LogP contribution in [0.4, 0.5) is 8.78 Å². The molecule has 0 aliphatic heterocycles. The zero-order valence-corrected chi connectivity index (χ0v) is 16.6. The van der Waals surface area contributed by atoms with Crippen molar-refractivity contribution >= 4 is 35.8 Å². The predicted molar refractivity (Wildman–Crippen MR) is 99.6 cm³/mol. The first-order valence-electron chi connectivity index (χ1n) is 7.36. The first-order chi connectivity index (χ1) is 10.7. The van der Waals surface area contributed by atoms with E-state index in [4.69, 9.17) is 0 Å². The number of halogens is 3. The number of imidazole rings is 1. The van der Waals surface area contributed by atoms with Gasteiger partial charge in [-0.05, 0) is 27.7 Å². The highest BCUT2D eigenvalue weighted by Crippen LogP contribution is 2.12. The summed E-state index contributed by atoms with van der Waals surface area (Å²) in [5, 5.41) is 8.61. The number of hydrogen-bond acceptors (Lipinski definition) is 3. The molecule has 1 aromatic rings. The summed E-state index contributed by atoms with van der Waals surface area (Å²) in [7, 11) is 0. The summed E-state index contributed by atoms with van der Waals surface area (Å²) in [6.45, 7) is 5.45. The van der Waals surface area contributed by atoms with E-state index in [0.29, 0.717) is 12.5 Å². The van der Waals surface area contributed by atoms with Crippen LogP contribution in [-0.4, -0.2) is 40.0 Å². The number of alkyl halides is 2. The molecule has 7 nitrogen and oxygen atoms in total. The Labute approximate surface area is 157 Å². The maximum Gasteiger partial charge on any atom is 0.319 e. The van der Waals surface area contributed by atoms with Crippen LogP contribution in [-0.2, 0) is 11.3 Å². The van der Waals surface area contributed by atoms with Crippen LogP contribution >= 0.6 is 24.0 Å². The average molecular weight is 458 g/mol. The van der Waals surface area contributed by atoms with Gasteiger partial charge in [-0.25, -0.2) is 9.98 Å². The molecular formula is C14H25F2IN6O. The molecule has 3 N–H and O–H groups in total. The number of carbonyl (C=O) groups excluding carboxylic acids is 1. The molecule has 0 radical (unpaired) electrons. The molecule has 138 valence electrons. The van der Waals surface area contributed by atoms with Crippen molar-refractivity contribution in [2.75, 3.05) is 13.1 Å². The van der Waals surface area contributed by atoms with Crippen molar-refractivity contribution in [1.29, 1.82) is 0 Å². The Kier molecular flexibility index (Phi) is 9.78. The highest BCUT2D eigenvalue weighted by atomic mass is 127. The largest absolute Gasteiger partial charge is 0.357 e. The Balaban J connectivity index is 0.00000529. The van der Waals surface area contributed by atoms with Crippen LogP contribution in [0.25, 0.3) is 0 Å². The smallest absolute Gasteiger partial charge is 0.319 e. The number of nitrogens with zero attached hydrogens (tertiary/aromatic N) is 3. The van der Waals surface area contributed by atoms with E-state index in [1.165, 1.54) is 12.4 Å². The van der Waals surface area contributed by atoms with E-state index in [1.807, 2.05) is 27.7 Å². The van der Waals surface area contributed by atoms with Crippen molar-refractivity contribution in [3.05, 3.63) is 18.2 Å². The third kappa shape index (κ3) is 8.41. The summed E-state index contributed by atoms with van der Waals surface area (Å²) in [5.74, 6) is 0.328. The van der Waals surface area contributed by atoms with E-state index >= 15 is 0 Å². The molecular weight excluding hydrogens is 433 g/mol. The fraction of sp³-hybridized carbons (Fsp3) is 0.643. The quantitative estimate of drug-likeness (QED) is 0.346. The Morgan fingerprint density at radius 2 is 2.04 bits per heavy atom. The molecule has 0 saturated carbocycles. The fourth-order valence-electron chi connectivity index (χ4n) is 1.76. The van der Waals surface area contributed by atoms with Gasteiger partial charge in [-0.3, -0.25) is 9.36 Å². The van der Waals surface area contributed by atoms with Crippen molar-refractivity contribution in [3.63, 3.8) is 0 Å². The highest BCUT2D eigenvalue weighted by molar-refractivity contribution is 14.0. The number of aromatic nitrogens is 2. The van der Waals surface area contributed by atoms with Gasteiger partial charge < -0.3 is 16.0 Å². The van der Waals surface area contributed by atoms with Gasteiger partial charge >= 0.3 is 6.55 Å². The van der Waals surface area contributed by atoms with Crippen LogP contribution in [0.15, 0.2) is 17.4 Å². The van der Waals surface area contributed by atoms with E-state index in [2.05, 4.69) is 25.9 Å². The third-order valence-corrected chi connectivity index (χ3v) is 2.61. The number of rotatable bonds is 6. The van der Waals surface area contributed by atoms with Crippen LogP contribution in [0.3, 0.4) is 0 Å². The lowest BCUT2D eigenvalue weighted by molar-refractivity contribution is -0.121. The summed E-state index contributed by atoms with van der Waals surface area (Å²) in [5.41, 5.74) is -0.323. The Bertz CT molecular complexity index is 542. The van der Waals surface area contributed by atoms with Gasteiger partial charge in [0, 0.05) is 24.5 Å². The normalized spacial score (nSPS) is 11.9. The zero-order chi connectivity index (χ0) is 17.5. The fourth-order valence-corrected chi connectivity index (χ4v) is 1.76. The van der Waals surface area contributed by atoms with Gasteiger partial charge in [0.1, 0.15) is 12.4 Å². The van der Waals surface area contributed by atoms with Gasteiger partial charge in [0.25, 0.3) is 0 Å². The highest BCUT2D eigenvalue weighted by Gasteiger charge is 2.14. The summed E-state index contributed by atoms with van der Waals surface area (Å²) < 4.78 is 26.2. The molecule has 0 spiro atoms. The van der Waals surface area contributed by atoms with E-state index in [-0.39, 0.29) is 54.3 Å². The molecule has 0 fully saturated rings. The van der Waals surface area contributed by atoms with E-state index in [0.717, 1.165) is 4.57 Å². The number of aliphatic imine (C=N–C) groups is 1. The van der Waals surface area contributed by atoms with Crippen LogP contribution in [0, 0.1) is 0 Å². The SMILES string of the molecule is CCNC(=NCc1nccn1C(F)F)NCC(=O)NC(C)(C)C.I. The summed E-state index contributed by atoms with van der Waals surface area (Å²) in [6.07, 6.45) is 2.50. The predicted octanol–water partition coefficient (Wildman–Crippen LogP) is 1.87. The monoisotopic (exact) mass is 458 g/mol. The molecule has 24 heavy (non-hydrogen) atoms. The topological polar surface area (TPSA) is 83.3 Å². The van der Waals surface area contributed by atoms with Crippen molar-refractivity contribution in [1.82, 2.24) is 25.5 Å². The third-order valence-electron chi connectivity index (χ3n) is 2.61. The molecule has 1 aromatic heterocycles. The van der Waals surface area contributed by atoms with Crippen LogP contribution in [0.2, 0.25) is 0 Å². The molecule has 10 heteroatoms. The number of guanidine groups is 1. The molecule has 0 saturated heterocycles. The van der Waals surface area contributed by atoms with Crippen molar-refractivity contribution in [3.8, 4) is 0 Å². The summed E-state index contributed by atoms with van der Waals surface area (Å²) >= 11 is 0. The first-order valence-corrected chi connectivity index (χ1v) is 7.36. The van der Waals surface area contributed by atoms with Gasteiger partial charge in [-0.1, -0.05) is 0 Å². The van der Waals surface area contributed by atoms with Crippen LogP contribution in [0.5, 0.6) is 0 Å². The standard InChI is InChI=1S/C14H24F2N6O.HI/c1-5-17-13(20-9-11(23)21-14(2,3)4)19-8-10-18-6-7-22(10)12(15)16;/h6-7,12H,5,8-9H2,1-4H3,(H,21,23)(H2,17,19,20);1H. The number of amides is 1. The molecule has 0 atom stereocenters. The zero-order valence-electron chi connectivity index (χ0n) is 14.3. The Hall–Kier alpha value is -1.46. The molecule has 1 rings (SSSR count).